The average Bonchev–Trinajstić information content (AvgIpc) is 3.25. The van der Waals surface area contributed by atoms with Crippen molar-refractivity contribution >= 4 is 0 Å². The molecule has 5 nitrogen and oxygen atoms in total. The van der Waals surface area contributed by atoms with Crippen molar-refractivity contribution in [3.8, 4) is 11.5 Å². The molecule has 0 radical (unpaired) electrons. The van der Waals surface area contributed by atoms with Crippen LogP contribution < -0.4 is 15.2 Å². The van der Waals surface area contributed by atoms with E-state index in [9.17, 15) is 4.79 Å². The van der Waals surface area contributed by atoms with Crippen LogP contribution in [0.5, 0.6) is 11.5 Å². The number of rotatable bonds is 5. The minimum Gasteiger partial charge on any atom is -0.493 e. The number of aromatic nitrogens is 2. The molecule has 1 saturated carbocycles. The minimum absolute atomic E-state index is 0.0577. The zero-order valence-electron chi connectivity index (χ0n) is 11.7. The highest BCUT2D eigenvalue weighted by atomic mass is 16.5. The van der Waals surface area contributed by atoms with Crippen molar-refractivity contribution in [1.82, 2.24) is 9.13 Å². The highest BCUT2D eigenvalue weighted by Crippen LogP contribution is 2.33. The van der Waals surface area contributed by atoms with Crippen molar-refractivity contribution < 1.29 is 9.47 Å². The molecule has 1 aromatic carbocycles. The van der Waals surface area contributed by atoms with Gasteiger partial charge in [0.2, 0.25) is 0 Å². The van der Waals surface area contributed by atoms with Crippen LogP contribution in [-0.2, 0) is 6.54 Å². The molecule has 0 bridgehead atoms. The lowest BCUT2D eigenvalue weighted by atomic mass is 10.2. The van der Waals surface area contributed by atoms with Gasteiger partial charge in [0.1, 0.15) is 0 Å². The molecular weight excluding hydrogens is 256 g/mol. The summed E-state index contributed by atoms with van der Waals surface area (Å²) in [4.78, 5) is 12.2. The maximum absolute atomic E-state index is 12.2. The van der Waals surface area contributed by atoms with Crippen LogP contribution >= 0.6 is 0 Å². The third-order valence-corrected chi connectivity index (χ3v) is 3.61. The summed E-state index contributed by atoms with van der Waals surface area (Å²) in [6.45, 7) is 0.541. The Balaban J connectivity index is 1.85. The molecule has 0 spiro atoms. The Morgan fingerprint density at radius 1 is 1.15 bits per heavy atom. The Bertz CT molecular complexity index is 668. The molecule has 0 aliphatic heterocycles. The van der Waals surface area contributed by atoms with Gasteiger partial charge in [-0.05, 0) is 30.5 Å². The minimum atomic E-state index is 0.0577. The van der Waals surface area contributed by atoms with E-state index < -0.39 is 0 Å². The Morgan fingerprint density at radius 3 is 2.55 bits per heavy atom. The Kier molecular flexibility index (Phi) is 3.26. The predicted octanol–water partition coefficient (Wildman–Crippen LogP) is 2.05. The second kappa shape index (κ2) is 5.07. The number of hydrogen-bond acceptors (Lipinski definition) is 3. The molecule has 0 saturated heterocycles. The van der Waals surface area contributed by atoms with Crippen molar-refractivity contribution in [3.05, 3.63) is 46.6 Å². The van der Waals surface area contributed by atoms with Crippen molar-refractivity contribution in [1.29, 1.82) is 0 Å². The van der Waals surface area contributed by atoms with E-state index in [1.54, 1.807) is 18.8 Å². The Morgan fingerprint density at radius 2 is 1.90 bits per heavy atom. The van der Waals surface area contributed by atoms with Gasteiger partial charge >= 0.3 is 5.69 Å². The van der Waals surface area contributed by atoms with E-state index in [1.165, 1.54) is 0 Å². The van der Waals surface area contributed by atoms with Crippen LogP contribution in [0.15, 0.2) is 35.4 Å². The first kappa shape index (κ1) is 12.8. The maximum atomic E-state index is 12.2. The molecule has 20 heavy (non-hydrogen) atoms. The zero-order valence-corrected chi connectivity index (χ0v) is 11.7. The topological polar surface area (TPSA) is 45.4 Å². The van der Waals surface area contributed by atoms with Crippen LogP contribution in [0.4, 0.5) is 0 Å². The largest absolute Gasteiger partial charge is 0.493 e. The standard InChI is InChI=1S/C15H18N2O3/c1-19-13-6-3-11(9-14(13)20-2)10-16-7-8-17(15(16)18)12-4-5-12/h3,6-9,12H,4-5,10H2,1-2H3. The summed E-state index contributed by atoms with van der Waals surface area (Å²) >= 11 is 0. The zero-order chi connectivity index (χ0) is 14.1. The lowest BCUT2D eigenvalue weighted by Gasteiger charge is -2.09. The van der Waals surface area contributed by atoms with Crippen molar-refractivity contribution in [2.45, 2.75) is 25.4 Å². The molecule has 2 aromatic rings. The summed E-state index contributed by atoms with van der Waals surface area (Å²) in [7, 11) is 3.22. The number of imidazole rings is 1. The molecule has 0 amide bonds. The first-order valence-corrected chi connectivity index (χ1v) is 6.71. The molecule has 106 valence electrons. The fraction of sp³-hybridized carbons (Fsp3) is 0.400. The van der Waals surface area contributed by atoms with Crippen molar-refractivity contribution in [2.24, 2.45) is 0 Å². The smallest absolute Gasteiger partial charge is 0.328 e. The van der Waals surface area contributed by atoms with E-state index >= 15 is 0 Å². The molecule has 1 aromatic heterocycles. The van der Waals surface area contributed by atoms with E-state index in [2.05, 4.69) is 0 Å². The van der Waals surface area contributed by atoms with Gasteiger partial charge in [-0.15, -0.1) is 0 Å². The monoisotopic (exact) mass is 274 g/mol. The first-order chi connectivity index (χ1) is 9.72. The summed E-state index contributed by atoms with van der Waals surface area (Å²) in [5, 5.41) is 0. The third kappa shape index (κ3) is 2.31. The lowest BCUT2D eigenvalue weighted by molar-refractivity contribution is 0.354. The number of methoxy groups -OCH3 is 2. The van der Waals surface area contributed by atoms with Crippen LogP contribution in [0.3, 0.4) is 0 Å². The second-order valence-corrected chi connectivity index (χ2v) is 5.04. The average molecular weight is 274 g/mol. The van der Waals surface area contributed by atoms with Crippen molar-refractivity contribution in [2.75, 3.05) is 14.2 Å². The fourth-order valence-electron chi connectivity index (χ4n) is 2.35. The van der Waals surface area contributed by atoms with Crippen LogP contribution in [0.2, 0.25) is 0 Å². The number of hydrogen-bond donors (Lipinski definition) is 0. The van der Waals surface area contributed by atoms with Crippen LogP contribution in [0.1, 0.15) is 24.4 Å². The van der Waals surface area contributed by atoms with Gasteiger partial charge < -0.3 is 9.47 Å². The van der Waals surface area contributed by atoms with Gasteiger partial charge in [0.25, 0.3) is 0 Å². The van der Waals surface area contributed by atoms with Gasteiger partial charge in [-0.1, -0.05) is 6.07 Å². The molecule has 1 aliphatic rings. The molecule has 0 unspecified atom stereocenters. The van der Waals surface area contributed by atoms with E-state index in [-0.39, 0.29) is 5.69 Å². The highest BCUT2D eigenvalue weighted by Gasteiger charge is 2.25. The fourth-order valence-corrected chi connectivity index (χ4v) is 2.35. The molecule has 5 heteroatoms. The Hall–Kier alpha value is -2.17. The molecule has 1 aliphatic carbocycles. The molecule has 0 atom stereocenters. The van der Waals surface area contributed by atoms with E-state index in [0.717, 1.165) is 18.4 Å². The van der Waals surface area contributed by atoms with Gasteiger partial charge in [0, 0.05) is 18.4 Å². The van der Waals surface area contributed by atoms with E-state index in [4.69, 9.17) is 9.47 Å². The molecule has 0 N–H and O–H groups in total. The molecule has 3 rings (SSSR count). The highest BCUT2D eigenvalue weighted by molar-refractivity contribution is 5.42. The molecule has 1 fully saturated rings. The quantitative estimate of drug-likeness (QED) is 0.838. The van der Waals surface area contributed by atoms with E-state index in [1.807, 2.05) is 35.2 Å². The lowest BCUT2D eigenvalue weighted by Crippen LogP contribution is -2.23. The first-order valence-electron chi connectivity index (χ1n) is 6.71. The summed E-state index contributed by atoms with van der Waals surface area (Å²) in [6.07, 6.45) is 5.94. The summed E-state index contributed by atoms with van der Waals surface area (Å²) < 4.78 is 14.0. The SMILES string of the molecule is COc1ccc(Cn2ccn(C3CC3)c2=O)cc1OC. The van der Waals surface area contributed by atoms with Crippen LogP contribution in [0.25, 0.3) is 0 Å². The molecule has 1 heterocycles. The molecular formula is C15H18N2O3. The Labute approximate surface area is 117 Å². The second-order valence-electron chi connectivity index (χ2n) is 5.04. The number of nitrogens with zero attached hydrogens (tertiary/aromatic N) is 2. The normalized spacial score (nSPS) is 14.3. The maximum Gasteiger partial charge on any atom is 0.328 e. The van der Waals surface area contributed by atoms with Crippen LogP contribution in [0, 0.1) is 0 Å². The summed E-state index contributed by atoms with van der Waals surface area (Å²) in [5.41, 5.74) is 1.07. The van der Waals surface area contributed by atoms with Crippen LogP contribution in [-0.4, -0.2) is 23.4 Å². The number of ether oxygens (including phenoxy) is 2. The number of benzene rings is 1. The predicted molar refractivity (Wildman–Crippen MR) is 75.6 cm³/mol. The van der Waals surface area contributed by atoms with Gasteiger partial charge in [-0.3, -0.25) is 9.13 Å². The summed E-state index contributed by atoms with van der Waals surface area (Å²) in [5.74, 6) is 1.37. The van der Waals surface area contributed by atoms with E-state index in [0.29, 0.717) is 24.1 Å². The van der Waals surface area contributed by atoms with Gasteiger partial charge in [-0.2, -0.15) is 0 Å². The summed E-state index contributed by atoms with van der Waals surface area (Å²) in [6, 6.07) is 6.12. The van der Waals surface area contributed by atoms with Gasteiger partial charge in [-0.25, -0.2) is 4.79 Å². The third-order valence-electron chi connectivity index (χ3n) is 3.61. The van der Waals surface area contributed by atoms with Crippen molar-refractivity contribution in [3.63, 3.8) is 0 Å². The van der Waals surface area contributed by atoms with Gasteiger partial charge in [0.15, 0.2) is 11.5 Å². The van der Waals surface area contributed by atoms with Gasteiger partial charge in [0.05, 0.1) is 20.8 Å².